The smallest absolute Gasteiger partial charge is 0.265 e. The molecule has 0 saturated heterocycles. The lowest BCUT2D eigenvalue weighted by atomic mass is 10.1. The fourth-order valence-electron chi connectivity index (χ4n) is 2.17. The zero-order valence-corrected chi connectivity index (χ0v) is 14.2. The Balaban J connectivity index is 1.84. The van der Waals surface area contributed by atoms with Crippen LogP contribution in [0.2, 0.25) is 0 Å². The maximum atomic E-state index is 12.4. The number of rotatable bonds is 5. The largest absolute Gasteiger partial charge is 0.320 e. The average Bonchev–Trinajstić information content (AvgIpc) is 3.12. The maximum absolute atomic E-state index is 12.4. The van der Waals surface area contributed by atoms with Crippen LogP contribution in [0.1, 0.15) is 15.9 Å². The molecule has 7 nitrogen and oxygen atoms in total. The zero-order chi connectivity index (χ0) is 17.9. The van der Waals surface area contributed by atoms with Gasteiger partial charge in [-0.15, -0.1) is 0 Å². The van der Waals surface area contributed by atoms with Gasteiger partial charge >= 0.3 is 0 Å². The molecular formula is C17H16N4O3S. The Labute approximate surface area is 145 Å². The number of nitrogens with zero attached hydrogens (tertiary/aromatic N) is 1. The SMILES string of the molecule is Cc1ccc(C(=O)Nc2ccccc2NS(=O)(=O)c2cn[nH]c2)cc1. The van der Waals surface area contributed by atoms with Crippen molar-refractivity contribution in [1.29, 1.82) is 0 Å². The van der Waals surface area contributed by atoms with Gasteiger partial charge in [-0.05, 0) is 31.2 Å². The summed E-state index contributed by atoms with van der Waals surface area (Å²) in [5, 5.41) is 8.81. The van der Waals surface area contributed by atoms with E-state index in [-0.39, 0.29) is 16.5 Å². The second-order valence-corrected chi connectivity index (χ2v) is 7.09. The molecule has 2 aromatic carbocycles. The number of carbonyl (C=O) groups excluding carboxylic acids is 1. The highest BCUT2D eigenvalue weighted by molar-refractivity contribution is 7.92. The van der Waals surface area contributed by atoms with Crippen molar-refractivity contribution in [2.45, 2.75) is 11.8 Å². The van der Waals surface area contributed by atoms with E-state index in [4.69, 9.17) is 0 Å². The first-order chi connectivity index (χ1) is 12.0. The average molecular weight is 356 g/mol. The lowest BCUT2D eigenvalue weighted by molar-refractivity contribution is 0.102. The van der Waals surface area contributed by atoms with Crippen molar-refractivity contribution < 1.29 is 13.2 Å². The molecule has 1 aromatic heterocycles. The van der Waals surface area contributed by atoms with Gasteiger partial charge in [-0.25, -0.2) is 8.42 Å². The van der Waals surface area contributed by atoms with Crippen molar-refractivity contribution in [2.75, 3.05) is 10.0 Å². The maximum Gasteiger partial charge on any atom is 0.265 e. The van der Waals surface area contributed by atoms with Crippen LogP contribution in [-0.2, 0) is 10.0 Å². The normalized spacial score (nSPS) is 11.1. The first kappa shape index (κ1) is 16.7. The van der Waals surface area contributed by atoms with Crippen LogP contribution in [0.4, 0.5) is 11.4 Å². The molecule has 1 heterocycles. The first-order valence-electron chi connectivity index (χ1n) is 7.44. The van der Waals surface area contributed by atoms with Gasteiger partial charge in [-0.3, -0.25) is 14.6 Å². The van der Waals surface area contributed by atoms with E-state index in [9.17, 15) is 13.2 Å². The third-order valence-electron chi connectivity index (χ3n) is 3.52. The summed E-state index contributed by atoms with van der Waals surface area (Å²) < 4.78 is 27.1. The molecule has 0 bridgehead atoms. The van der Waals surface area contributed by atoms with Gasteiger partial charge in [0.25, 0.3) is 15.9 Å². The van der Waals surface area contributed by atoms with Crippen molar-refractivity contribution in [2.24, 2.45) is 0 Å². The predicted molar refractivity (Wildman–Crippen MR) is 95.0 cm³/mol. The van der Waals surface area contributed by atoms with Gasteiger partial charge in [-0.1, -0.05) is 29.8 Å². The highest BCUT2D eigenvalue weighted by atomic mass is 32.2. The summed E-state index contributed by atoms with van der Waals surface area (Å²) in [6.07, 6.45) is 2.48. The summed E-state index contributed by atoms with van der Waals surface area (Å²) in [5.74, 6) is -0.324. The van der Waals surface area contributed by atoms with Crippen molar-refractivity contribution >= 4 is 27.3 Å². The van der Waals surface area contributed by atoms with Gasteiger partial charge in [0.05, 0.1) is 17.6 Å². The molecule has 0 aliphatic heterocycles. The van der Waals surface area contributed by atoms with Crippen LogP contribution in [0.5, 0.6) is 0 Å². The van der Waals surface area contributed by atoms with Crippen LogP contribution in [-0.4, -0.2) is 24.5 Å². The summed E-state index contributed by atoms with van der Waals surface area (Å²) in [7, 11) is -3.79. The van der Waals surface area contributed by atoms with Gasteiger partial charge in [0.2, 0.25) is 0 Å². The topological polar surface area (TPSA) is 104 Å². The Morgan fingerprint density at radius 2 is 1.72 bits per heavy atom. The van der Waals surface area contributed by atoms with Crippen molar-refractivity contribution in [1.82, 2.24) is 10.2 Å². The summed E-state index contributed by atoms with van der Waals surface area (Å²) in [5.41, 5.74) is 2.16. The number of nitrogens with one attached hydrogen (secondary N) is 3. The fourth-order valence-corrected chi connectivity index (χ4v) is 3.15. The molecule has 8 heteroatoms. The molecule has 3 aromatic rings. The highest BCUT2D eigenvalue weighted by Crippen LogP contribution is 2.24. The molecule has 0 atom stereocenters. The lowest BCUT2D eigenvalue weighted by Crippen LogP contribution is -2.17. The van der Waals surface area contributed by atoms with Gasteiger partial charge in [-0.2, -0.15) is 5.10 Å². The molecule has 0 fully saturated rings. The van der Waals surface area contributed by atoms with Crippen LogP contribution in [0.15, 0.2) is 65.8 Å². The molecule has 3 rings (SSSR count). The fraction of sp³-hybridized carbons (Fsp3) is 0.0588. The summed E-state index contributed by atoms with van der Waals surface area (Å²) in [6, 6.07) is 13.7. The quantitative estimate of drug-likeness (QED) is 0.654. The Morgan fingerprint density at radius 3 is 2.36 bits per heavy atom. The molecule has 3 N–H and O–H groups in total. The Morgan fingerprint density at radius 1 is 1.04 bits per heavy atom. The number of anilines is 2. The van der Waals surface area contributed by atoms with E-state index >= 15 is 0 Å². The molecule has 128 valence electrons. The second kappa shape index (κ2) is 6.78. The zero-order valence-electron chi connectivity index (χ0n) is 13.4. The number of carbonyl (C=O) groups is 1. The van der Waals surface area contributed by atoms with E-state index in [1.54, 1.807) is 36.4 Å². The van der Waals surface area contributed by atoms with Crippen molar-refractivity contribution in [3.63, 3.8) is 0 Å². The van der Waals surface area contributed by atoms with Crippen LogP contribution in [0.3, 0.4) is 0 Å². The molecule has 0 aliphatic carbocycles. The number of H-pyrrole nitrogens is 1. The summed E-state index contributed by atoms with van der Waals surface area (Å²) >= 11 is 0. The van der Waals surface area contributed by atoms with E-state index in [0.717, 1.165) is 5.56 Å². The molecule has 0 unspecified atom stereocenters. The van der Waals surface area contributed by atoms with Crippen molar-refractivity contribution in [3.8, 4) is 0 Å². The van der Waals surface area contributed by atoms with Crippen LogP contribution >= 0.6 is 0 Å². The standard InChI is InChI=1S/C17H16N4O3S/c1-12-6-8-13(9-7-12)17(22)20-15-4-2-3-5-16(15)21-25(23,24)14-10-18-19-11-14/h2-11,21H,1H3,(H,18,19)(H,20,22). The van der Waals surface area contributed by atoms with Gasteiger partial charge in [0.15, 0.2) is 0 Å². The van der Waals surface area contributed by atoms with Gasteiger partial charge in [0.1, 0.15) is 4.90 Å². The third kappa shape index (κ3) is 3.86. The minimum atomic E-state index is -3.79. The minimum absolute atomic E-state index is 0.00663. The van der Waals surface area contributed by atoms with E-state index in [1.165, 1.54) is 12.4 Å². The molecule has 0 aliphatic rings. The number of aromatic nitrogens is 2. The second-order valence-electron chi connectivity index (χ2n) is 5.41. The molecular weight excluding hydrogens is 340 g/mol. The molecule has 0 saturated carbocycles. The van der Waals surface area contributed by atoms with E-state index in [0.29, 0.717) is 11.3 Å². The van der Waals surface area contributed by atoms with E-state index in [1.807, 2.05) is 19.1 Å². The van der Waals surface area contributed by atoms with E-state index < -0.39 is 10.0 Å². The Hall–Kier alpha value is -3.13. The summed E-state index contributed by atoms with van der Waals surface area (Å²) in [4.78, 5) is 12.4. The molecule has 1 amide bonds. The number of benzene rings is 2. The number of para-hydroxylation sites is 2. The van der Waals surface area contributed by atoms with Gasteiger partial charge in [0, 0.05) is 11.8 Å². The Kier molecular flexibility index (Phi) is 4.53. The molecule has 0 spiro atoms. The highest BCUT2D eigenvalue weighted by Gasteiger charge is 2.18. The van der Waals surface area contributed by atoms with Crippen LogP contribution in [0.25, 0.3) is 0 Å². The van der Waals surface area contributed by atoms with Crippen LogP contribution in [0, 0.1) is 6.92 Å². The minimum Gasteiger partial charge on any atom is -0.320 e. The van der Waals surface area contributed by atoms with E-state index in [2.05, 4.69) is 20.2 Å². The number of aryl methyl sites for hydroxylation is 1. The lowest BCUT2D eigenvalue weighted by Gasteiger charge is -2.13. The Bertz CT molecular complexity index is 981. The summed E-state index contributed by atoms with van der Waals surface area (Å²) in [6.45, 7) is 1.93. The number of sulfonamides is 1. The molecule has 25 heavy (non-hydrogen) atoms. The number of amides is 1. The van der Waals surface area contributed by atoms with Gasteiger partial charge < -0.3 is 5.32 Å². The number of hydrogen-bond acceptors (Lipinski definition) is 4. The number of hydrogen-bond donors (Lipinski definition) is 3. The molecule has 0 radical (unpaired) electrons. The van der Waals surface area contributed by atoms with Crippen LogP contribution < -0.4 is 10.0 Å². The number of aromatic amines is 1. The first-order valence-corrected chi connectivity index (χ1v) is 8.93. The monoisotopic (exact) mass is 356 g/mol. The third-order valence-corrected chi connectivity index (χ3v) is 4.85. The van der Waals surface area contributed by atoms with Crippen molar-refractivity contribution in [3.05, 3.63) is 72.1 Å². The predicted octanol–water partition coefficient (Wildman–Crippen LogP) is 2.77.